The first-order valence-electron chi connectivity index (χ1n) is 12.1. The molecule has 10 atom stereocenters. The lowest BCUT2D eigenvalue weighted by molar-refractivity contribution is -0.172. The van der Waals surface area contributed by atoms with Gasteiger partial charge in [0.05, 0.1) is 19.3 Å². The highest BCUT2D eigenvalue weighted by molar-refractivity contribution is 5.69. The third kappa shape index (κ3) is 3.46. The van der Waals surface area contributed by atoms with Gasteiger partial charge in [-0.2, -0.15) is 0 Å². The maximum atomic E-state index is 11.6. The first-order chi connectivity index (χ1) is 13.7. The number of rotatable bonds is 4. The molecule has 0 saturated heterocycles. The van der Waals surface area contributed by atoms with Gasteiger partial charge in [-0.1, -0.05) is 20.8 Å². The molecule has 0 unspecified atom stereocenters. The number of aliphatic hydroxyl groups is 2. The van der Waals surface area contributed by atoms with E-state index in [-0.39, 0.29) is 29.5 Å². The van der Waals surface area contributed by atoms with Gasteiger partial charge in [-0.25, -0.2) is 0 Å². The summed E-state index contributed by atoms with van der Waals surface area (Å²) < 4.78 is 4.86. The van der Waals surface area contributed by atoms with E-state index < -0.39 is 0 Å². The van der Waals surface area contributed by atoms with Gasteiger partial charge in [-0.15, -0.1) is 0 Å². The van der Waals surface area contributed by atoms with E-state index in [0.717, 1.165) is 32.1 Å². The smallest absolute Gasteiger partial charge is 0.305 e. The minimum atomic E-state index is -0.255. The second kappa shape index (κ2) is 7.82. The number of hydrogen-bond donors (Lipinski definition) is 2. The average Bonchev–Trinajstić information content (AvgIpc) is 3.05. The van der Waals surface area contributed by atoms with Gasteiger partial charge in [0.1, 0.15) is 0 Å². The number of methoxy groups -OCH3 is 1. The van der Waals surface area contributed by atoms with Crippen molar-refractivity contribution >= 4 is 5.97 Å². The van der Waals surface area contributed by atoms with E-state index in [1.807, 2.05) is 0 Å². The molecule has 0 amide bonds. The molecule has 4 heteroatoms. The molecule has 4 fully saturated rings. The summed E-state index contributed by atoms with van der Waals surface area (Å²) in [6, 6.07) is 0. The maximum absolute atomic E-state index is 11.6. The molecule has 0 spiro atoms. The summed E-state index contributed by atoms with van der Waals surface area (Å²) in [5.74, 6) is 3.42. The summed E-state index contributed by atoms with van der Waals surface area (Å²) in [5, 5.41) is 21.3. The Morgan fingerprint density at radius 3 is 2.41 bits per heavy atom. The Labute approximate surface area is 176 Å². The fourth-order valence-corrected chi connectivity index (χ4v) is 8.90. The molecule has 0 radical (unpaired) electrons. The molecule has 0 aliphatic heterocycles. The summed E-state index contributed by atoms with van der Waals surface area (Å²) in [6.07, 6.45) is 9.77. The standard InChI is InChI=1S/C25H42O4/c1-15(5-8-23(28)29-4)18-6-7-19-17-14-22(27)21-13-16(26)9-11-25(21,3)20(17)10-12-24(18,19)2/h15-22,26-27H,5-14H2,1-4H3/t15-,16-,17-,18+,19-,20-,21+,22+,24+,25+/m0/s1. The third-order valence-corrected chi connectivity index (χ3v) is 10.4. The van der Waals surface area contributed by atoms with Crippen LogP contribution in [0.15, 0.2) is 0 Å². The van der Waals surface area contributed by atoms with Crippen molar-refractivity contribution in [3.05, 3.63) is 0 Å². The molecule has 0 aromatic rings. The van der Waals surface area contributed by atoms with Crippen LogP contribution in [0.4, 0.5) is 0 Å². The molecule has 0 heterocycles. The lowest BCUT2D eigenvalue weighted by atomic mass is 9.44. The quantitative estimate of drug-likeness (QED) is 0.671. The van der Waals surface area contributed by atoms with Gasteiger partial charge >= 0.3 is 5.97 Å². The van der Waals surface area contributed by atoms with Gasteiger partial charge in [-0.3, -0.25) is 4.79 Å². The van der Waals surface area contributed by atoms with Crippen molar-refractivity contribution in [2.45, 2.75) is 97.2 Å². The number of fused-ring (bicyclic) bond motifs is 5. The first kappa shape index (κ1) is 21.6. The van der Waals surface area contributed by atoms with Gasteiger partial charge in [0.25, 0.3) is 0 Å². The third-order valence-electron chi connectivity index (χ3n) is 10.4. The van der Waals surface area contributed by atoms with Crippen molar-refractivity contribution in [3.8, 4) is 0 Å². The number of aliphatic hydroxyl groups excluding tert-OH is 2. The van der Waals surface area contributed by atoms with Gasteiger partial charge in [0.2, 0.25) is 0 Å². The normalized spacial score (nSPS) is 50.2. The zero-order valence-corrected chi connectivity index (χ0v) is 18.9. The Balaban J connectivity index is 1.52. The maximum Gasteiger partial charge on any atom is 0.305 e. The van der Waals surface area contributed by atoms with Gasteiger partial charge in [0, 0.05) is 6.42 Å². The van der Waals surface area contributed by atoms with Crippen molar-refractivity contribution in [2.75, 3.05) is 7.11 Å². The largest absolute Gasteiger partial charge is 0.469 e. The number of carbonyl (C=O) groups is 1. The molecule has 0 aromatic heterocycles. The van der Waals surface area contributed by atoms with Crippen LogP contribution >= 0.6 is 0 Å². The topological polar surface area (TPSA) is 66.8 Å². The lowest BCUT2D eigenvalue weighted by Crippen LogP contribution is -2.58. The zero-order valence-electron chi connectivity index (χ0n) is 18.9. The molecule has 0 aromatic carbocycles. The summed E-state index contributed by atoms with van der Waals surface area (Å²) in [4.78, 5) is 11.6. The molecule has 0 bridgehead atoms. The molecule has 4 nitrogen and oxygen atoms in total. The number of esters is 1. The summed E-state index contributed by atoms with van der Waals surface area (Å²) >= 11 is 0. The average molecular weight is 407 g/mol. The Morgan fingerprint density at radius 2 is 1.69 bits per heavy atom. The molecule has 29 heavy (non-hydrogen) atoms. The van der Waals surface area contributed by atoms with Crippen LogP contribution in [0.3, 0.4) is 0 Å². The Morgan fingerprint density at radius 1 is 1.00 bits per heavy atom. The van der Waals surface area contributed by atoms with Crippen LogP contribution in [0.5, 0.6) is 0 Å². The van der Waals surface area contributed by atoms with Crippen LogP contribution in [-0.4, -0.2) is 35.5 Å². The molecule has 2 N–H and O–H groups in total. The molecule has 166 valence electrons. The fourth-order valence-electron chi connectivity index (χ4n) is 8.90. The molecule has 4 aliphatic carbocycles. The highest BCUT2D eigenvalue weighted by Crippen LogP contribution is 2.68. The second-order valence-corrected chi connectivity index (χ2v) is 11.5. The monoisotopic (exact) mass is 406 g/mol. The van der Waals surface area contributed by atoms with Crippen molar-refractivity contribution in [1.82, 2.24) is 0 Å². The van der Waals surface area contributed by atoms with Crippen LogP contribution in [0, 0.1) is 46.3 Å². The van der Waals surface area contributed by atoms with E-state index in [0.29, 0.717) is 41.4 Å². The lowest BCUT2D eigenvalue weighted by Gasteiger charge is -2.62. The minimum Gasteiger partial charge on any atom is -0.469 e. The molecular formula is C25H42O4. The van der Waals surface area contributed by atoms with Crippen molar-refractivity contribution in [2.24, 2.45) is 46.3 Å². The highest BCUT2D eigenvalue weighted by Gasteiger charge is 2.62. The SMILES string of the molecule is COC(=O)CC[C@H](C)[C@H]1CC[C@H]2[C@@H]3C[C@@H](O)[C@H]4C[C@@H](O)CC[C@]4(C)[C@H]3CC[C@]12C. The second-order valence-electron chi connectivity index (χ2n) is 11.5. The Hall–Kier alpha value is -0.610. The van der Waals surface area contributed by atoms with E-state index >= 15 is 0 Å². The van der Waals surface area contributed by atoms with Crippen molar-refractivity contribution < 1.29 is 19.7 Å². The predicted octanol–water partition coefficient (Wildman–Crippen LogP) is 4.57. The Bertz CT molecular complexity index is 620. The molecular weight excluding hydrogens is 364 g/mol. The zero-order chi connectivity index (χ0) is 21.0. The van der Waals surface area contributed by atoms with Crippen LogP contribution in [0.1, 0.15) is 85.0 Å². The first-order valence-corrected chi connectivity index (χ1v) is 12.1. The van der Waals surface area contributed by atoms with E-state index in [1.165, 1.54) is 32.8 Å². The summed E-state index contributed by atoms with van der Waals surface area (Å²) in [6.45, 7) is 7.28. The van der Waals surface area contributed by atoms with Gasteiger partial charge in [-0.05, 0) is 104 Å². The van der Waals surface area contributed by atoms with Crippen molar-refractivity contribution in [3.63, 3.8) is 0 Å². The van der Waals surface area contributed by atoms with E-state index in [1.54, 1.807) is 0 Å². The predicted molar refractivity (Wildman–Crippen MR) is 113 cm³/mol. The number of carbonyl (C=O) groups excluding carboxylic acids is 1. The van der Waals surface area contributed by atoms with Gasteiger partial charge in [0.15, 0.2) is 0 Å². The molecule has 4 rings (SSSR count). The summed E-state index contributed by atoms with van der Waals surface area (Å²) in [5.41, 5.74) is 0.533. The summed E-state index contributed by atoms with van der Waals surface area (Å²) in [7, 11) is 1.48. The molecule has 4 aliphatic rings. The van der Waals surface area contributed by atoms with Crippen LogP contribution in [0.2, 0.25) is 0 Å². The fraction of sp³-hybridized carbons (Fsp3) is 0.960. The van der Waals surface area contributed by atoms with E-state index in [2.05, 4.69) is 20.8 Å². The van der Waals surface area contributed by atoms with Crippen LogP contribution < -0.4 is 0 Å². The van der Waals surface area contributed by atoms with Crippen molar-refractivity contribution in [1.29, 1.82) is 0 Å². The van der Waals surface area contributed by atoms with Crippen LogP contribution in [0.25, 0.3) is 0 Å². The Kier molecular flexibility index (Phi) is 5.83. The van der Waals surface area contributed by atoms with Crippen LogP contribution in [-0.2, 0) is 9.53 Å². The van der Waals surface area contributed by atoms with E-state index in [9.17, 15) is 15.0 Å². The molecule has 4 saturated carbocycles. The number of ether oxygens (including phenoxy) is 1. The minimum absolute atomic E-state index is 0.0888. The van der Waals surface area contributed by atoms with Gasteiger partial charge < -0.3 is 14.9 Å². The highest BCUT2D eigenvalue weighted by atomic mass is 16.5. The van der Waals surface area contributed by atoms with E-state index in [4.69, 9.17) is 4.74 Å². The number of hydrogen-bond acceptors (Lipinski definition) is 4.